The van der Waals surface area contributed by atoms with Crippen LogP contribution in [0, 0.1) is 6.92 Å². The van der Waals surface area contributed by atoms with E-state index >= 15 is 0 Å². The molecular weight excluding hydrogens is 340 g/mol. The summed E-state index contributed by atoms with van der Waals surface area (Å²) in [5.41, 5.74) is 2.88. The number of benzene rings is 2. The molecule has 2 N–H and O–H groups in total. The highest BCUT2D eigenvalue weighted by Crippen LogP contribution is 2.25. The summed E-state index contributed by atoms with van der Waals surface area (Å²) in [6, 6.07) is 16.8. The topological polar surface area (TPSA) is 76.1 Å². The van der Waals surface area contributed by atoms with Gasteiger partial charge in [-0.15, -0.1) is 0 Å². The Labute approximate surface area is 158 Å². The van der Waals surface area contributed by atoms with Gasteiger partial charge in [-0.1, -0.05) is 30.3 Å². The SMILES string of the molecule is Cc1ccccc1Nc1cc(C(=O)Nc2ccccc2OC(C)C)ncn1. The van der Waals surface area contributed by atoms with E-state index in [0.29, 0.717) is 17.3 Å². The average molecular weight is 362 g/mol. The van der Waals surface area contributed by atoms with Gasteiger partial charge in [-0.25, -0.2) is 9.97 Å². The predicted molar refractivity (Wildman–Crippen MR) is 107 cm³/mol. The quantitative estimate of drug-likeness (QED) is 0.672. The number of para-hydroxylation sites is 3. The van der Waals surface area contributed by atoms with E-state index in [4.69, 9.17) is 4.74 Å². The van der Waals surface area contributed by atoms with Crippen molar-refractivity contribution in [3.63, 3.8) is 0 Å². The van der Waals surface area contributed by atoms with Crippen LogP contribution in [0.15, 0.2) is 60.9 Å². The summed E-state index contributed by atoms with van der Waals surface area (Å²) < 4.78 is 5.74. The molecule has 0 aliphatic rings. The second-order valence-corrected chi connectivity index (χ2v) is 6.35. The van der Waals surface area contributed by atoms with Crippen molar-refractivity contribution >= 4 is 23.1 Å². The Morgan fingerprint density at radius 3 is 2.44 bits per heavy atom. The maximum absolute atomic E-state index is 12.6. The number of carbonyl (C=O) groups excluding carboxylic acids is 1. The van der Waals surface area contributed by atoms with E-state index in [0.717, 1.165) is 11.3 Å². The van der Waals surface area contributed by atoms with Crippen LogP contribution in [-0.2, 0) is 0 Å². The third-order valence-electron chi connectivity index (χ3n) is 3.81. The summed E-state index contributed by atoms with van der Waals surface area (Å²) >= 11 is 0. The van der Waals surface area contributed by atoms with Crippen molar-refractivity contribution in [2.24, 2.45) is 0 Å². The Kier molecular flexibility index (Phi) is 5.66. The molecule has 0 aliphatic heterocycles. The van der Waals surface area contributed by atoms with E-state index in [2.05, 4.69) is 20.6 Å². The lowest BCUT2D eigenvalue weighted by atomic mass is 10.2. The van der Waals surface area contributed by atoms with Crippen molar-refractivity contribution in [1.82, 2.24) is 9.97 Å². The first-order chi connectivity index (χ1) is 13.0. The molecule has 27 heavy (non-hydrogen) atoms. The fourth-order valence-corrected chi connectivity index (χ4v) is 2.51. The van der Waals surface area contributed by atoms with Crippen LogP contribution in [0.4, 0.5) is 17.2 Å². The van der Waals surface area contributed by atoms with Gasteiger partial charge in [-0.2, -0.15) is 0 Å². The number of aryl methyl sites for hydroxylation is 1. The number of hydrogen-bond acceptors (Lipinski definition) is 5. The van der Waals surface area contributed by atoms with Gasteiger partial charge in [0.25, 0.3) is 5.91 Å². The number of anilines is 3. The minimum Gasteiger partial charge on any atom is -0.489 e. The Morgan fingerprint density at radius 2 is 1.70 bits per heavy atom. The lowest BCUT2D eigenvalue weighted by Crippen LogP contribution is -2.16. The van der Waals surface area contributed by atoms with Crippen LogP contribution in [0.25, 0.3) is 0 Å². The molecule has 6 heteroatoms. The van der Waals surface area contributed by atoms with Crippen LogP contribution >= 0.6 is 0 Å². The van der Waals surface area contributed by atoms with Crippen molar-refractivity contribution in [1.29, 1.82) is 0 Å². The number of hydrogen-bond donors (Lipinski definition) is 2. The van der Waals surface area contributed by atoms with Crippen LogP contribution < -0.4 is 15.4 Å². The zero-order valence-corrected chi connectivity index (χ0v) is 15.6. The fourth-order valence-electron chi connectivity index (χ4n) is 2.51. The first-order valence-electron chi connectivity index (χ1n) is 8.74. The van der Waals surface area contributed by atoms with Gasteiger partial charge in [0.15, 0.2) is 0 Å². The highest BCUT2D eigenvalue weighted by atomic mass is 16.5. The zero-order valence-electron chi connectivity index (χ0n) is 15.6. The number of carbonyl (C=O) groups is 1. The van der Waals surface area contributed by atoms with Crippen LogP contribution in [0.2, 0.25) is 0 Å². The number of amides is 1. The minimum atomic E-state index is -0.329. The Bertz CT molecular complexity index is 941. The molecule has 3 aromatic rings. The molecule has 0 spiro atoms. The first kappa shape index (κ1) is 18.4. The number of nitrogens with zero attached hydrogens (tertiary/aromatic N) is 2. The summed E-state index contributed by atoms with van der Waals surface area (Å²) in [4.78, 5) is 20.9. The third kappa shape index (κ3) is 4.82. The van der Waals surface area contributed by atoms with Gasteiger partial charge in [-0.05, 0) is 44.5 Å². The lowest BCUT2D eigenvalue weighted by Gasteiger charge is -2.14. The van der Waals surface area contributed by atoms with Crippen molar-refractivity contribution < 1.29 is 9.53 Å². The van der Waals surface area contributed by atoms with Crippen LogP contribution in [-0.4, -0.2) is 22.0 Å². The molecule has 0 radical (unpaired) electrons. The normalized spacial score (nSPS) is 10.5. The van der Waals surface area contributed by atoms with E-state index < -0.39 is 0 Å². The molecule has 138 valence electrons. The van der Waals surface area contributed by atoms with Gasteiger partial charge in [-0.3, -0.25) is 4.79 Å². The Hall–Kier alpha value is -3.41. The highest BCUT2D eigenvalue weighted by molar-refractivity contribution is 6.04. The van der Waals surface area contributed by atoms with E-state index in [1.807, 2.05) is 63.2 Å². The zero-order chi connectivity index (χ0) is 19.2. The molecule has 0 bridgehead atoms. The highest BCUT2D eigenvalue weighted by Gasteiger charge is 2.13. The van der Waals surface area contributed by atoms with E-state index in [1.54, 1.807) is 12.1 Å². The van der Waals surface area contributed by atoms with Gasteiger partial charge in [0.05, 0.1) is 11.8 Å². The predicted octanol–water partition coefficient (Wildman–Crippen LogP) is 4.57. The molecule has 6 nitrogen and oxygen atoms in total. The second kappa shape index (κ2) is 8.31. The van der Waals surface area contributed by atoms with Crippen molar-refractivity contribution in [3.8, 4) is 5.75 Å². The summed E-state index contributed by atoms with van der Waals surface area (Å²) in [5.74, 6) is 0.842. The Morgan fingerprint density at radius 1 is 1.00 bits per heavy atom. The molecule has 0 saturated heterocycles. The molecule has 0 saturated carbocycles. The molecule has 1 aromatic heterocycles. The standard InChI is InChI=1S/C21H22N4O2/c1-14(2)27-19-11-7-6-10-17(19)25-21(26)18-12-20(23-13-22-18)24-16-9-5-4-8-15(16)3/h4-14H,1-3H3,(H,25,26)(H,22,23,24). The molecule has 2 aromatic carbocycles. The smallest absolute Gasteiger partial charge is 0.274 e. The van der Waals surface area contributed by atoms with Gasteiger partial charge >= 0.3 is 0 Å². The minimum absolute atomic E-state index is 0.00650. The summed E-state index contributed by atoms with van der Waals surface area (Å²) in [6.45, 7) is 5.88. The molecule has 0 aliphatic carbocycles. The van der Waals surface area contributed by atoms with Crippen molar-refractivity contribution in [2.75, 3.05) is 10.6 Å². The molecule has 1 heterocycles. The summed E-state index contributed by atoms with van der Waals surface area (Å²) in [6.07, 6.45) is 1.37. The van der Waals surface area contributed by atoms with Gasteiger partial charge in [0, 0.05) is 11.8 Å². The van der Waals surface area contributed by atoms with E-state index in [-0.39, 0.29) is 17.7 Å². The molecule has 0 atom stereocenters. The molecule has 0 unspecified atom stereocenters. The van der Waals surface area contributed by atoms with Crippen LogP contribution in [0.1, 0.15) is 29.9 Å². The summed E-state index contributed by atoms with van der Waals surface area (Å²) in [7, 11) is 0. The third-order valence-corrected chi connectivity index (χ3v) is 3.81. The van der Waals surface area contributed by atoms with Crippen molar-refractivity contribution in [3.05, 3.63) is 72.2 Å². The largest absolute Gasteiger partial charge is 0.489 e. The maximum atomic E-state index is 12.6. The average Bonchev–Trinajstić information content (AvgIpc) is 2.65. The van der Waals surface area contributed by atoms with Gasteiger partial charge in [0.2, 0.25) is 0 Å². The number of nitrogens with one attached hydrogen (secondary N) is 2. The number of rotatable bonds is 6. The van der Waals surface area contributed by atoms with E-state index in [1.165, 1.54) is 6.33 Å². The molecule has 1 amide bonds. The number of aromatic nitrogens is 2. The van der Waals surface area contributed by atoms with Crippen molar-refractivity contribution in [2.45, 2.75) is 26.9 Å². The molecular formula is C21H22N4O2. The van der Waals surface area contributed by atoms with Crippen LogP contribution in [0.3, 0.4) is 0 Å². The second-order valence-electron chi connectivity index (χ2n) is 6.35. The maximum Gasteiger partial charge on any atom is 0.274 e. The van der Waals surface area contributed by atoms with E-state index in [9.17, 15) is 4.79 Å². The summed E-state index contributed by atoms with van der Waals surface area (Å²) in [5, 5.41) is 6.07. The van der Waals surface area contributed by atoms with Crippen LogP contribution in [0.5, 0.6) is 5.75 Å². The first-order valence-corrected chi connectivity index (χ1v) is 8.74. The Balaban J connectivity index is 1.77. The lowest BCUT2D eigenvalue weighted by molar-refractivity contribution is 0.102. The van der Waals surface area contributed by atoms with Gasteiger partial charge < -0.3 is 15.4 Å². The fraction of sp³-hybridized carbons (Fsp3) is 0.190. The molecule has 0 fully saturated rings. The molecule has 3 rings (SSSR count). The number of ether oxygens (including phenoxy) is 1. The van der Waals surface area contributed by atoms with Gasteiger partial charge in [0.1, 0.15) is 23.6 Å². The monoisotopic (exact) mass is 362 g/mol.